The quantitative estimate of drug-likeness (QED) is 0.670. The molecular formula is C7H13N3S. The molecule has 0 radical (unpaired) electrons. The fraction of sp³-hybridized carbons (Fsp3) is 0.571. The standard InChI is InChI=1S/C7H11N3.H2S/c8-7-4-6(9-10-7)5-2-1-3-5;/h4-5H,1-3H2,(H3,8,9,10);1H2. The van der Waals surface area contributed by atoms with Gasteiger partial charge in [0.05, 0.1) is 0 Å². The molecule has 0 amide bonds. The van der Waals surface area contributed by atoms with Gasteiger partial charge in [-0.2, -0.15) is 18.6 Å². The summed E-state index contributed by atoms with van der Waals surface area (Å²) >= 11 is 0. The lowest BCUT2D eigenvalue weighted by Crippen LogP contribution is -2.08. The van der Waals surface area contributed by atoms with Crippen LogP contribution in [0.4, 0.5) is 5.82 Å². The number of nitrogens with two attached hydrogens (primary N) is 1. The molecule has 4 heteroatoms. The highest BCUT2D eigenvalue weighted by atomic mass is 32.1. The SMILES string of the molecule is Nc1cc(C2CCC2)[nH]n1.S. The lowest BCUT2D eigenvalue weighted by Gasteiger charge is -2.23. The second kappa shape index (κ2) is 3.17. The van der Waals surface area contributed by atoms with Gasteiger partial charge in [-0.25, -0.2) is 0 Å². The van der Waals surface area contributed by atoms with Crippen molar-refractivity contribution >= 4 is 19.3 Å². The molecule has 1 aromatic heterocycles. The average Bonchev–Trinajstić information content (AvgIpc) is 2.10. The number of nitrogen functional groups attached to an aromatic ring is 1. The topological polar surface area (TPSA) is 54.7 Å². The highest BCUT2D eigenvalue weighted by Crippen LogP contribution is 2.35. The third-order valence-electron chi connectivity index (χ3n) is 2.16. The number of rotatable bonds is 1. The van der Waals surface area contributed by atoms with Gasteiger partial charge in [0, 0.05) is 17.7 Å². The monoisotopic (exact) mass is 171 g/mol. The Morgan fingerprint density at radius 3 is 2.64 bits per heavy atom. The first-order valence-electron chi connectivity index (χ1n) is 3.67. The Morgan fingerprint density at radius 2 is 2.27 bits per heavy atom. The number of aromatic amines is 1. The minimum absolute atomic E-state index is 0. The highest BCUT2D eigenvalue weighted by Gasteiger charge is 2.20. The predicted molar refractivity (Wildman–Crippen MR) is 50.0 cm³/mol. The van der Waals surface area contributed by atoms with Crippen molar-refractivity contribution in [1.82, 2.24) is 10.2 Å². The van der Waals surface area contributed by atoms with Gasteiger partial charge in [-0.15, -0.1) is 0 Å². The molecule has 1 fully saturated rings. The van der Waals surface area contributed by atoms with Gasteiger partial charge < -0.3 is 5.73 Å². The van der Waals surface area contributed by atoms with Crippen molar-refractivity contribution in [3.05, 3.63) is 11.8 Å². The lowest BCUT2D eigenvalue weighted by atomic mass is 9.83. The van der Waals surface area contributed by atoms with E-state index < -0.39 is 0 Å². The Bertz CT molecular complexity index is 229. The molecule has 0 bridgehead atoms. The molecule has 3 N–H and O–H groups in total. The minimum atomic E-state index is 0. The third kappa shape index (κ3) is 1.50. The Hall–Kier alpha value is -0.640. The summed E-state index contributed by atoms with van der Waals surface area (Å²) in [6.07, 6.45) is 3.94. The molecule has 1 aliphatic carbocycles. The van der Waals surface area contributed by atoms with Crippen molar-refractivity contribution in [3.63, 3.8) is 0 Å². The van der Waals surface area contributed by atoms with E-state index in [4.69, 9.17) is 5.73 Å². The number of H-pyrrole nitrogens is 1. The Balaban J connectivity index is 0.000000605. The van der Waals surface area contributed by atoms with E-state index in [0.29, 0.717) is 11.7 Å². The first kappa shape index (κ1) is 8.46. The number of nitrogens with one attached hydrogen (secondary N) is 1. The zero-order valence-electron chi connectivity index (χ0n) is 6.30. The molecule has 1 aliphatic rings. The van der Waals surface area contributed by atoms with Crippen molar-refractivity contribution < 1.29 is 0 Å². The van der Waals surface area contributed by atoms with Crippen LogP contribution in [-0.2, 0) is 0 Å². The molecule has 0 aromatic carbocycles. The summed E-state index contributed by atoms with van der Waals surface area (Å²) < 4.78 is 0. The summed E-state index contributed by atoms with van der Waals surface area (Å²) in [5.74, 6) is 1.33. The van der Waals surface area contributed by atoms with Gasteiger partial charge in [0.15, 0.2) is 0 Å². The smallest absolute Gasteiger partial charge is 0.145 e. The lowest BCUT2D eigenvalue weighted by molar-refractivity contribution is 0.410. The van der Waals surface area contributed by atoms with Gasteiger partial charge >= 0.3 is 0 Å². The van der Waals surface area contributed by atoms with Crippen molar-refractivity contribution in [1.29, 1.82) is 0 Å². The van der Waals surface area contributed by atoms with E-state index in [2.05, 4.69) is 10.2 Å². The molecule has 3 nitrogen and oxygen atoms in total. The van der Waals surface area contributed by atoms with Crippen LogP contribution in [0.15, 0.2) is 6.07 Å². The molecule has 0 aliphatic heterocycles. The third-order valence-corrected chi connectivity index (χ3v) is 2.16. The average molecular weight is 171 g/mol. The van der Waals surface area contributed by atoms with Gasteiger partial charge in [0.2, 0.25) is 0 Å². The van der Waals surface area contributed by atoms with Crippen molar-refractivity contribution in [2.24, 2.45) is 0 Å². The number of anilines is 1. The summed E-state index contributed by atoms with van der Waals surface area (Å²) in [5, 5.41) is 6.80. The maximum absolute atomic E-state index is 5.45. The Morgan fingerprint density at radius 1 is 1.55 bits per heavy atom. The first-order valence-corrected chi connectivity index (χ1v) is 3.67. The summed E-state index contributed by atoms with van der Waals surface area (Å²) in [7, 11) is 0. The molecule has 1 saturated carbocycles. The van der Waals surface area contributed by atoms with Crippen molar-refractivity contribution in [2.75, 3.05) is 5.73 Å². The molecular weight excluding hydrogens is 158 g/mol. The van der Waals surface area contributed by atoms with Crippen LogP contribution in [0.25, 0.3) is 0 Å². The van der Waals surface area contributed by atoms with Gasteiger partial charge in [0.25, 0.3) is 0 Å². The van der Waals surface area contributed by atoms with E-state index >= 15 is 0 Å². The molecule has 1 aromatic rings. The van der Waals surface area contributed by atoms with Gasteiger partial charge in [-0.1, -0.05) is 6.42 Å². The van der Waals surface area contributed by atoms with Crippen LogP contribution in [0.2, 0.25) is 0 Å². The number of aromatic nitrogens is 2. The zero-order chi connectivity index (χ0) is 6.97. The van der Waals surface area contributed by atoms with E-state index in [1.54, 1.807) is 0 Å². The summed E-state index contributed by atoms with van der Waals surface area (Å²) in [5.41, 5.74) is 6.66. The molecule has 0 spiro atoms. The fourth-order valence-corrected chi connectivity index (χ4v) is 1.28. The number of nitrogens with zero attached hydrogens (tertiary/aromatic N) is 1. The van der Waals surface area contributed by atoms with Crippen LogP contribution < -0.4 is 5.73 Å². The molecule has 11 heavy (non-hydrogen) atoms. The van der Waals surface area contributed by atoms with E-state index in [1.165, 1.54) is 25.0 Å². The second-order valence-electron chi connectivity index (χ2n) is 2.88. The molecule has 62 valence electrons. The minimum Gasteiger partial charge on any atom is -0.382 e. The first-order chi connectivity index (χ1) is 4.86. The number of hydrogen-bond acceptors (Lipinski definition) is 2. The normalized spacial score (nSPS) is 17.1. The van der Waals surface area contributed by atoms with Crippen molar-refractivity contribution in [2.45, 2.75) is 25.2 Å². The zero-order valence-corrected chi connectivity index (χ0v) is 7.30. The van der Waals surface area contributed by atoms with E-state index in [0.717, 1.165) is 0 Å². The molecule has 1 heterocycles. The van der Waals surface area contributed by atoms with E-state index in [-0.39, 0.29) is 13.5 Å². The van der Waals surface area contributed by atoms with Crippen LogP contribution >= 0.6 is 13.5 Å². The molecule has 0 atom stereocenters. The highest BCUT2D eigenvalue weighted by molar-refractivity contribution is 7.59. The summed E-state index contributed by atoms with van der Waals surface area (Å²) in [4.78, 5) is 0. The summed E-state index contributed by atoms with van der Waals surface area (Å²) in [6, 6.07) is 1.93. The Labute approximate surface area is 72.8 Å². The molecule has 0 saturated heterocycles. The van der Waals surface area contributed by atoms with Gasteiger partial charge in [-0.05, 0) is 12.8 Å². The molecule has 2 rings (SSSR count). The van der Waals surface area contributed by atoms with E-state index in [9.17, 15) is 0 Å². The van der Waals surface area contributed by atoms with Gasteiger partial charge in [0.1, 0.15) is 5.82 Å². The second-order valence-corrected chi connectivity index (χ2v) is 2.88. The van der Waals surface area contributed by atoms with Crippen molar-refractivity contribution in [3.8, 4) is 0 Å². The predicted octanol–water partition coefficient (Wildman–Crippen LogP) is 1.37. The van der Waals surface area contributed by atoms with Gasteiger partial charge in [-0.3, -0.25) is 5.10 Å². The largest absolute Gasteiger partial charge is 0.382 e. The van der Waals surface area contributed by atoms with Crippen LogP contribution in [0, 0.1) is 0 Å². The number of hydrogen-bond donors (Lipinski definition) is 2. The van der Waals surface area contributed by atoms with Crippen LogP contribution in [0.1, 0.15) is 30.9 Å². The van der Waals surface area contributed by atoms with Crippen LogP contribution in [0.3, 0.4) is 0 Å². The summed E-state index contributed by atoms with van der Waals surface area (Å²) in [6.45, 7) is 0. The fourth-order valence-electron chi connectivity index (χ4n) is 1.28. The van der Waals surface area contributed by atoms with Crippen LogP contribution in [-0.4, -0.2) is 10.2 Å². The van der Waals surface area contributed by atoms with Crippen LogP contribution in [0.5, 0.6) is 0 Å². The maximum atomic E-state index is 5.45. The van der Waals surface area contributed by atoms with E-state index in [1.807, 2.05) is 6.07 Å². The molecule has 0 unspecified atom stereocenters. The maximum Gasteiger partial charge on any atom is 0.145 e. The Kier molecular flexibility index (Phi) is 2.44.